The van der Waals surface area contributed by atoms with E-state index in [4.69, 9.17) is 13.8 Å². The summed E-state index contributed by atoms with van der Waals surface area (Å²) >= 11 is 0. The summed E-state index contributed by atoms with van der Waals surface area (Å²) in [4.78, 5) is 39.7. The van der Waals surface area contributed by atoms with Gasteiger partial charge < -0.3 is 28.9 Å². The van der Waals surface area contributed by atoms with Crippen molar-refractivity contribution in [2.24, 2.45) is 0 Å². The fourth-order valence-corrected chi connectivity index (χ4v) is 7.83. The van der Waals surface area contributed by atoms with Crippen molar-refractivity contribution in [3.63, 3.8) is 0 Å². The molecule has 2 atom stereocenters. The van der Waals surface area contributed by atoms with E-state index in [1.807, 2.05) is 18.9 Å². The smallest absolute Gasteiger partial charge is 0.756 e. The molecule has 0 bridgehead atoms. The van der Waals surface area contributed by atoms with Crippen molar-refractivity contribution < 1.29 is 62.4 Å². The van der Waals surface area contributed by atoms with Crippen LogP contribution in [0.25, 0.3) is 0 Å². The molecule has 0 radical (unpaired) electrons. The first-order valence-electron chi connectivity index (χ1n) is 24.6. The molecule has 2 unspecified atom stereocenters. The Morgan fingerprint density at radius 2 is 0.966 bits per heavy atom. The first-order chi connectivity index (χ1) is 28.2. The Bertz CT molecular complexity index is 989. The number of hydrogen-bond donors (Lipinski definition) is 1. The second kappa shape index (κ2) is 47.2. The standard InChI is InChI=1S/C48H95N2O7P.Na/c1-5-8-10-12-14-16-18-20-21-22-23-24-25-26-27-29-30-32-34-36-38-40-47(51)49-46(45-57-58(53,54)56-43-42-50(4)7-3)44-55-48(52)41-39-37-35-33-31-28-19-17-15-13-11-9-6-2;/h16,18,46H,5-15,17,19-45H2,1-4H3,(H,49,51)(H,53,54);/q;+1/p-1/b18-16-;. The van der Waals surface area contributed by atoms with E-state index in [2.05, 4.69) is 31.3 Å². The first kappa shape index (κ1) is 60.8. The number of amides is 1. The van der Waals surface area contributed by atoms with Gasteiger partial charge in [0.15, 0.2) is 0 Å². The van der Waals surface area contributed by atoms with Crippen LogP contribution in [0.15, 0.2) is 12.2 Å². The van der Waals surface area contributed by atoms with Crippen LogP contribution < -0.4 is 39.8 Å². The molecule has 344 valence electrons. The molecule has 0 aromatic rings. The van der Waals surface area contributed by atoms with Gasteiger partial charge in [-0.05, 0) is 52.1 Å². The zero-order valence-electron chi connectivity index (χ0n) is 39.6. The van der Waals surface area contributed by atoms with Gasteiger partial charge in [-0.2, -0.15) is 0 Å². The number of phosphoric acid groups is 1. The number of rotatable bonds is 46. The molecule has 1 amide bonds. The summed E-state index contributed by atoms with van der Waals surface area (Å²) in [6.45, 7) is 7.20. The van der Waals surface area contributed by atoms with Crippen molar-refractivity contribution in [3.05, 3.63) is 12.2 Å². The summed E-state index contributed by atoms with van der Waals surface area (Å²) in [7, 11) is -2.70. The topological polar surface area (TPSA) is 117 Å². The molecule has 9 nitrogen and oxygen atoms in total. The fourth-order valence-electron chi connectivity index (χ4n) is 7.09. The minimum Gasteiger partial charge on any atom is -0.756 e. The number of phosphoric ester groups is 1. The van der Waals surface area contributed by atoms with Gasteiger partial charge in [0.05, 0.1) is 19.3 Å². The van der Waals surface area contributed by atoms with Crippen LogP contribution in [0.4, 0.5) is 0 Å². The third-order valence-electron chi connectivity index (χ3n) is 11.2. The molecule has 0 saturated heterocycles. The average Bonchev–Trinajstić information content (AvgIpc) is 3.21. The number of likely N-dealkylation sites (N-methyl/N-ethyl adjacent to an activating group) is 1. The molecule has 0 aromatic heterocycles. The summed E-state index contributed by atoms with van der Waals surface area (Å²) in [5.74, 6) is -0.532. The summed E-state index contributed by atoms with van der Waals surface area (Å²) < 4.78 is 28.0. The first-order valence-corrected chi connectivity index (χ1v) is 26.1. The summed E-state index contributed by atoms with van der Waals surface area (Å²) in [6, 6.07) is -0.778. The molecule has 0 fully saturated rings. The number of nitrogens with zero attached hydrogens (tertiary/aromatic N) is 1. The van der Waals surface area contributed by atoms with Crippen molar-refractivity contribution in [1.82, 2.24) is 10.2 Å². The van der Waals surface area contributed by atoms with Crippen LogP contribution in [0.3, 0.4) is 0 Å². The Kier molecular flexibility index (Phi) is 48.7. The Hall–Kier alpha value is -0.250. The molecule has 0 aromatic carbocycles. The number of hydrogen-bond acceptors (Lipinski definition) is 8. The maximum atomic E-state index is 12.8. The predicted molar refractivity (Wildman–Crippen MR) is 243 cm³/mol. The van der Waals surface area contributed by atoms with Gasteiger partial charge in [0.2, 0.25) is 5.91 Å². The predicted octanol–water partition coefficient (Wildman–Crippen LogP) is 10.3. The average molecular weight is 865 g/mol. The second-order valence-electron chi connectivity index (χ2n) is 16.9. The third kappa shape index (κ3) is 47.1. The Morgan fingerprint density at radius 3 is 1.41 bits per heavy atom. The van der Waals surface area contributed by atoms with E-state index in [1.165, 1.54) is 167 Å². The molecular formula is C48H94N2NaO7P. The zero-order chi connectivity index (χ0) is 42.6. The van der Waals surface area contributed by atoms with E-state index < -0.39 is 13.9 Å². The van der Waals surface area contributed by atoms with Gasteiger partial charge >= 0.3 is 35.5 Å². The number of carbonyl (C=O) groups excluding carboxylic acids is 2. The van der Waals surface area contributed by atoms with Crippen molar-refractivity contribution in [2.45, 2.75) is 245 Å². The Balaban J connectivity index is 0. The van der Waals surface area contributed by atoms with Gasteiger partial charge in [-0.15, -0.1) is 0 Å². The van der Waals surface area contributed by atoms with Crippen LogP contribution in [0.5, 0.6) is 0 Å². The number of allylic oxidation sites excluding steroid dienone is 2. The molecular weight excluding hydrogens is 770 g/mol. The maximum absolute atomic E-state index is 12.8. The molecule has 0 aliphatic rings. The van der Waals surface area contributed by atoms with Gasteiger partial charge in [-0.1, -0.05) is 200 Å². The number of esters is 1. The monoisotopic (exact) mass is 865 g/mol. The van der Waals surface area contributed by atoms with E-state index in [0.29, 0.717) is 19.4 Å². The maximum Gasteiger partial charge on any atom is 1.00 e. The Labute approximate surface area is 387 Å². The summed E-state index contributed by atoms with van der Waals surface area (Å²) in [6.07, 6.45) is 45.3. The third-order valence-corrected chi connectivity index (χ3v) is 12.1. The molecule has 59 heavy (non-hydrogen) atoms. The minimum atomic E-state index is -4.58. The number of ether oxygens (including phenoxy) is 1. The SMILES string of the molecule is CCCCCC/C=C\CCCCCCCCCCCCCCCC(=O)NC(COC(=O)CCCCCCCCCCCCCCC)COP(=O)([O-])OCCN(C)CC.[Na+]. The second-order valence-corrected chi connectivity index (χ2v) is 18.3. The van der Waals surface area contributed by atoms with E-state index in [-0.39, 0.29) is 61.3 Å². The summed E-state index contributed by atoms with van der Waals surface area (Å²) in [5.41, 5.74) is 0. The van der Waals surface area contributed by atoms with Crippen molar-refractivity contribution in [2.75, 3.05) is 40.0 Å². The van der Waals surface area contributed by atoms with Crippen LogP contribution in [0, 0.1) is 0 Å². The molecule has 11 heteroatoms. The molecule has 0 rings (SSSR count). The van der Waals surface area contributed by atoms with Crippen LogP contribution >= 0.6 is 7.82 Å². The molecule has 0 heterocycles. The van der Waals surface area contributed by atoms with Crippen molar-refractivity contribution in [1.29, 1.82) is 0 Å². The van der Waals surface area contributed by atoms with Crippen LogP contribution in [0.1, 0.15) is 239 Å². The van der Waals surface area contributed by atoms with Crippen LogP contribution in [-0.2, 0) is 27.9 Å². The van der Waals surface area contributed by atoms with Crippen LogP contribution in [-0.4, -0.2) is 62.8 Å². The molecule has 0 spiro atoms. The molecule has 0 aliphatic carbocycles. The zero-order valence-corrected chi connectivity index (χ0v) is 42.5. The van der Waals surface area contributed by atoms with Gasteiger partial charge in [0.25, 0.3) is 7.82 Å². The summed E-state index contributed by atoms with van der Waals surface area (Å²) in [5, 5.41) is 2.84. The van der Waals surface area contributed by atoms with E-state index in [1.54, 1.807) is 0 Å². The number of carbonyl (C=O) groups is 2. The Morgan fingerprint density at radius 1 is 0.576 bits per heavy atom. The molecule has 0 aliphatic heterocycles. The van der Waals surface area contributed by atoms with Gasteiger partial charge in [-0.25, -0.2) is 0 Å². The molecule has 0 saturated carbocycles. The van der Waals surface area contributed by atoms with Crippen molar-refractivity contribution in [3.8, 4) is 0 Å². The van der Waals surface area contributed by atoms with Gasteiger partial charge in [0, 0.05) is 19.4 Å². The van der Waals surface area contributed by atoms with E-state index >= 15 is 0 Å². The normalized spacial score (nSPS) is 13.1. The number of unbranched alkanes of at least 4 members (excludes halogenated alkanes) is 29. The quantitative estimate of drug-likeness (QED) is 0.0211. The van der Waals surface area contributed by atoms with Gasteiger partial charge in [-0.3, -0.25) is 14.2 Å². The van der Waals surface area contributed by atoms with Crippen molar-refractivity contribution >= 4 is 19.7 Å². The van der Waals surface area contributed by atoms with Gasteiger partial charge in [0.1, 0.15) is 6.61 Å². The van der Waals surface area contributed by atoms with E-state index in [0.717, 1.165) is 45.1 Å². The number of nitrogens with one attached hydrogen (secondary N) is 1. The van der Waals surface area contributed by atoms with E-state index in [9.17, 15) is 19.0 Å². The fraction of sp³-hybridized carbons (Fsp3) is 0.917. The molecule has 1 N–H and O–H groups in total. The van der Waals surface area contributed by atoms with Crippen LogP contribution in [0.2, 0.25) is 0 Å². The minimum absolute atomic E-state index is 0. The largest absolute Gasteiger partial charge is 1.00 e.